The van der Waals surface area contributed by atoms with E-state index in [0.717, 1.165) is 32.5 Å². The maximum atomic E-state index is 12.5. The molecule has 1 aromatic rings. The van der Waals surface area contributed by atoms with Crippen molar-refractivity contribution in [3.05, 3.63) is 52.3 Å². The van der Waals surface area contributed by atoms with E-state index in [1.54, 1.807) is 23.3 Å². The van der Waals surface area contributed by atoms with E-state index in [2.05, 4.69) is 4.90 Å². The lowest BCUT2D eigenvalue weighted by atomic mass is 10.1. The van der Waals surface area contributed by atoms with Gasteiger partial charge in [-0.1, -0.05) is 6.07 Å². The molecule has 1 amide bonds. The second-order valence-corrected chi connectivity index (χ2v) is 6.11. The Labute approximate surface area is 140 Å². The monoisotopic (exact) mass is 331 g/mol. The minimum absolute atomic E-state index is 0.0537. The number of hydrogen-bond acceptors (Lipinski definition) is 5. The fraction of sp³-hybridized carbons (Fsp3) is 0.471. The molecule has 1 saturated heterocycles. The van der Waals surface area contributed by atoms with Gasteiger partial charge in [-0.05, 0) is 25.0 Å². The summed E-state index contributed by atoms with van der Waals surface area (Å²) in [6.45, 7) is 3.73. The summed E-state index contributed by atoms with van der Waals surface area (Å²) in [5.41, 5.74) is 0.320. The number of hydrogen-bond donors (Lipinski definition) is 0. The van der Waals surface area contributed by atoms with Crippen molar-refractivity contribution in [1.82, 2.24) is 9.80 Å². The van der Waals surface area contributed by atoms with Gasteiger partial charge in [-0.3, -0.25) is 19.8 Å². The van der Waals surface area contributed by atoms with Crippen molar-refractivity contribution in [2.24, 2.45) is 0 Å². The number of nitro groups is 1. The van der Waals surface area contributed by atoms with Gasteiger partial charge in [0.05, 0.1) is 11.2 Å². The first-order valence-electron chi connectivity index (χ1n) is 8.20. The summed E-state index contributed by atoms with van der Waals surface area (Å²) in [5, 5.41) is 10.8. The summed E-state index contributed by atoms with van der Waals surface area (Å²) in [7, 11) is 0. The fourth-order valence-corrected chi connectivity index (χ4v) is 3.08. The van der Waals surface area contributed by atoms with Crippen LogP contribution in [0.1, 0.15) is 23.2 Å². The highest BCUT2D eigenvalue weighted by Crippen LogP contribution is 2.17. The van der Waals surface area contributed by atoms with Gasteiger partial charge in [0, 0.05) is 50.4 Å². The molecule has 2 aliphatic rings. The Hall–Kier alpha value is -2.41. The number of ether oxygens (including phenoxy) is 1. The predicted molar refractivity (Wildman–Crippen MR) is 88.7 cm³/mol. The Kier molecular flexibility index (Phi) is 5.10. The number of piperazine rings is 1. The molecule has 2 heterocycles. The van der Waals surface area contributed by atoms with Crippen molar-refractivity contribution in [3.63, 3.8) is 0 Å². The van der Waals surface area contributed by atoms with Crippen molar-refractivity contribution in [2.45, 2.75) is 18.9 Å². The minimum atomic E-state index is -0.479. The van der Waals surface area contributed by atoms with E-state index < -0.39 is 4.92 Å². The second kappa shape index (κ2) is 7.44. The molecule has 0 saturated carbocycles. The SMILES string of the molecule is O=C(c1cccc([N+](=O)[O-])c1)N1CCN(CC2CCC=CO2)CC1. The summed E-state index contributed by atoms with van der Waals surface area (Å²) in [6.07, 6.45) is 6.12. The van der Waals surface area contributed by atoms with Gasteiger partial charge in [0.2, 0.25) is 0 Å². The quantitative estimate of drug-likeness (QED) is 0.623. The molecule has 128 valence electrons. The third-order valence-electron chi connectivity index (χ3n) is 4.45. The Morgan fingerprint density at radius 2 is 2.08 bits per heavy atom. The number of carbonyl (C=O) groups excluding carboxylic acids is 1. The van der Waals surface area contributed by atoms with E-state index in [0.29, 0.717) is 18.7 Å². The molecular formula is C17H21N3O4. The molecule has 1 fully saturated rings. The molecular weight excluding hydrogens is 310 g/mol. The molecule has 3 rings (SSSR count). The van der Waals surface area contributed by atoms with Crippen LogP contribution in [0.4, 0.5) is 5.69 Å². The van der Waals surface area contributed by atoms with Crippen LogP contribution in [0.2, 0.25) is 0 Å². The summed E-state index contributed by atoms with van der Waals surface area (Å²) in [6, 6.07) is 5.92. The van der Waals surface area contributed by atoms with Gasteiger partial charge in [0.25, 0.3) is 11.6 Å². The lowest BCUT2D eigenvalue weighted by molar-refractivity contribution is -0.384. The normalized spacial score (nSPS) is 21.3. The Balaban J connectivity index is 1.54. The van der Waals surface area contributed by atoms with Gasteiger partial charge in [0.1, 0.15) is 6.10 Å². The average molecular weight is 331 g/mol. The van der Waals surface area contributed by atoms with Gasteiger partial charge in [-0.2, -0.15) is 0 Å². The maximum Gasteiger partial charge on any atom is 0.270 e. The third-order valence-corrected chi connectivity index (χ3v) is 4.45. The number of benzene rings is 1. The highest BCUT2D eigenvalue weighted by molar-refractivity contribution is 5.94. The first-order valence-corrected chi connectivity index (χ1v) is 8.20. The summed E-state index contributed by atoms with van der Waals surface area (Å²) in [5.74, 6) is -0.143. The lowest BCUT2D eigenvalue weighted by Gasteiger charge is -2.36. The van der Waals surface area contributed by atoms with E-state index in [-0.39, 0.29) is 17.7 Å². The molecule has 0 N–H and O–H groups in total. The van der Waals surface area contributed by atoms with Gasteiger partial charge in [-0.25, -0.2) is 0 Å². The third kappa shape index (κ3) is 3.91. The highest BCUT2D eigenvalue weighted by Gasteiger charge is 2.25. The fourth-order valence-electron chi connectivity index (χ4n) is 3.08. The zero-order valence-electron chi connectivity index (χ0n) is 13.5. The van der Waals surface area contributed by atoms with Crippen LogP contribution in [-0.4, -0.2) is 59.5 Å². The van der Waals surface area contributed by atoms with Crippen LogP contribution in [0.5, 0.6) is 0 Å². The average Bonchev–Trinajstić information content (AvgIpc) is 2.63. The van der Waals surface area contributed by atoms with Crippen molar-refractivity contribution >= 4 is 11.6 Å². The second-order valence-electron chi connectivity index (χ2n) is 6.11. The molecule has 0 radical (unpaired) electrons. The molecule has 1 atom stereocenters. The van der Waals surface area contributed by atoms with Crippen molar-refractivity contribution in [2.75, 3.05) is 32.7 Å². The molecule has 1 unspecified atom stereocenters. The number of allylic oxidation sites excluding steroid dienone is 1. The molecule has 1 aromatic carbocycles. The highest BCUT2D eigenvalue weighted by atomic mass is 16.6. The number of nitrogens with zero attached hydrogens (tertiary/aromatic N) is 3. The zero-order chi connectivity index (χ0) is 16.9. The van der Waals surface area contributed by atoms with E-state index in [1.807, 2.05) is 6.08 Å². The number of rotatable bonds is 4. The van der Waals surface area contributed by atoms with Gasteiger partial charge < -0.3 is 9.64 Å². The molecule has 7 heteroatoms. The van der Waals surface area contributed by atoms with E-state index in [4.69, 9.17) is 4.74 Å². The molecule has 24 heavy (non-hydrogen) atoms. The molecule has 0 spiro atoms. The Morgan fingerprint density at radius 1 is 1.29 bits per heavy atom. The lowest BCUT2D eigenvalue weighted by Crippen LogP contribution is -2.50. The molecule has 0 bridgehead atoms. The largest absolute Gasteiger partial charge is 0.497 e. The molecule has 7 nitrogen and oxygen atoms in total. The zero-order valence-corrected chi connectivity index (χ0v) is 13.5. The van der Waals surface area contributed by atoms with Crippen LogP contribution >= 0.6 is 0 Å². The topological polar surface area (TPSA) is 75.9 Å². The Bertz CT molecular complexity index is 638. The minimum Gasteiger partial charge on any atom is -0.497 e. The van der Waals surface area contributed by atoms with E-state index in [9.17, 15) is 14.9 Å². The van der Waals surface area contributed by atoms with Gasteiger partial charge >= 0.3 is 0 Å². The van der Waals surface area contributed by atoms with Gasteiger partial charge in [0.15, 0.2) is 0 Å². The first kappa shape index (κ1) is 16.4. The molecule has 0 aliphatic carbocycles. The van der Waals surface area contributed by atoms with Crippen molar-refractivity contribution < 1.29 is 14.5 Å². The van der Waals surface area contributed by atoms with Crippen LogP contribution in [-0.2, 0) is 4.74 Å². The maximum absolute atomic E-state index is 12.5. The van der Waals surface area contributed by atoms with Gasteiger partial charge in [-0.15, -0.1) is 0 Å². The van der Waals surface area contributed by atoms with Crippen LogP contribution < -0.4 is 0 Å². The molecule has 2 aliphatic heterocycles. The van der Waals surface area contributed by atoms with E-state index >= 15 is 0 Å². The summed E-state index contributed by atoms with van der Waals surface area (Å²) < 4.78 is 5.59. The number of nitro benzene ring substituents is 1. The summed E-state index contributed by atoms with van der Waals surface area (Å²) in [4.78, 5) is 27.0. The van der Waals surface area contributed by atoms with E-state index in [1.165, 1.54) is 12.1 Å². The van der Waals surface area contributed by atoms with Crippen molar-refractivity contribution in [1.29, 1.82) is 0 Å². The van der Waals surface area contributed by atoms with Crippen LogP contribution in [0, 0.1) is 10.1 Å². The number of amides is 1. The standard InChI is InChI=1S/C17H21N3O4/c21-17(14-4-3-5-15(12-14)20(22)23)19-9-7-18(8-10-19)13-16-6-1-2-11-24-16/h2-5,11-12,16H,1,6-10,13H2. The Morgan fingerprint density at radius 3 is 2.75 bits per heavy atom. The number of non-ortho nitro benzene ring substituents is 1. The first-order chi connectivity index (χ1) is 11.6. The van der Waals surface area contributed by atoms with Crippen LogP contribution in [0.15, 0.2) is 36.6 Å². The smallest absolute Gasteiger partial charge is 0.270 e. The number of carbonyl (C=O) groups is 1. The predicted octanol–water partition coefficient (Wildman–Crippen LogP) is 2.05. The summed E-state index contributed by atoms with van der Waals surface area (Å²) >= 11 is 0. The van der Waals surface area contributed by atoms with Crippen molar-refractivity contribution in [3.8, 4) is 0 Å². The molecule has 0 aromatic heterocycles. The van der Waals surface area contributed by atoms with Crippen LogP contribution in [0.25, 0.3) is 0 Å². The van der Waals surface area contributed by atoms with Crippen LogP contribution in [0.3, 0.4) is 0 Å².